The maximum atomic E-state index is 8.42. The van der Waals surface area contributed by atoms with Gasteiger partial charge in [0.25, 0.3) is 0 Å². The van der Waals surface area contributed by atoms with Crippen LogP contribution >= 0.6 is 0 Å². The van der Waals surface area contributed by atoms with Crippen LogP contribution in [0.15, 0.2) is 24.9 Å². The molecular formula is C7H6N2. The molecule has 0 spiro atoms. The van der Waals surface area contributed by atoms with Gasteiger partial charge in [0.05, 0.1) is 0 Å². The SMILES string of the molecule is C=Cn1cccc1C#N. The highest BCUT2D eigenvalue weighted by atomic mass is 14.9. The van der Waals surface area contributed by atoms with Gasteiger partial charge >= 0.3 is 0 Å². The highest BCUT2D eigenvalue weighted by Crippen LogP contribution is 1.98. The van der Waals surface area contributed by atoms with E-state index in [0.717, 1.165) is 0 Å². The minimum atomic E-state index is 0.616. The lowest BCUT2D eigenvalue weighted by atomic mass is 10.5. The predicted octanol–water partition coefficient (Wildman–Crippen LogP) is 1.46. The maximum absolute atomic E-state index is 8.42. The Morgan fingerprint density at radius 3 is 3.00 bits per heavy atom. The van der Waals surface area contributed by atoms with Gasteiger partial charge < -0.3 is 4.57 Å². The van der Waals surface area contributed by atoms with Gasteiger partial charge in [0.1, 0.15) is 11.8 Å². The van der Waals surface area contributed by atoms with Gasteiger partial charge in [-0.2, -0.15) is 5.26 Å². The van der Waals surface area contributed by atoms with Crippen LogP contribution in [0.2, 0.25) is 0 Å². The molecule has 0 aliphatic heterocycles. The van der Waals surface area contributed by atoms with Gasteiger partial charge in [-0.15, -0.1) is 0 Å². The third-order valence-electron chi connectivity index (χ3n) is 1.09. The molecule has 1 aromatic heterocycles. The summed E-state index contributed by atoms with van der Waals surface area (Å²) in [7, 11) is 0. The molecule has 0 saturated carbocycles. The van der Waals surface area contributed by atoms with Gasteiger partial charge in [-0.1, -0.05) is 6.58 Å². The molecule has 0 aliphatic carbocycles. The van der Waals surface area contributed by atoms with Crippen LogP contribution in [0.4, 0.5) is 0 Å². The van der Waals surface area contributed by atoms with Crippen LogP contribution < -0.4 is 0 Å². The molecule has 1 aromatic rings. The zero-order chi connectivity index (χ0) is 6.69. The number of nitrogens with zero attached hydrogens (tertiary/aromatic N) is 2. The first-order valence-corrected chi connectivity index (χ1v) is 2.58. The molecule has 1 heterocycles. The van der Waals surface area contributed by atoms with E-state index in [4.69, 9.17) is 5.26 Å². The second-order valence-electron chi connectivity index (χ2n) is 1.60. The summed E-state index contributed by atoms with van der Waals surface area (Å²) < 4.78 is 1.67. The van der Waals surface area contributed by atoms with Crippen molar-refractivity contribution in [3.8, 4) is 6.07 Å². The first-order valence-electron chi connectivity index (χ1n) is 2.58. The van der Waals surface area contributed by atoms with E-state index in [-0.39, 0.29) is 0 Å². The van der Waals surface area contributed by atoms with E-state index >= 15 is 0 Å². The number of hydrogen-bond donors (Lipinski definition) is 0. The molecule has 0 radical (unpaired) electrons. The van der Waals surface area contributed by atoms with Gasteiger partial charge in [0.2, 0.25) is 0 Å². The number of hydrogen-bond acceptors (Lipinski definition) is 1. The van der Waals surface area contributed by atoms with Crippen molar-refractivity contribution < 1.29 is 0 Å². The fraction of sp³-hybridized carbons (Fsp3) is 0. The van der Waals surface area contributed by atoms with Crippen LogP contribution in [0, 0.1) is 11.3 Å². The summed E-state index contributed by atoms with van der Waals surface area (Å²) in [6.45, 7) is 3.52. The molecule has 0 bridgehead atoms. The summed E-state index contributed by atoms with van der Waals surface area (Å²) in [6, 6.07) is 5.56. The van der Waals surface area contributed by atoms with E-state index in [2.05, 4.69) is 6.58 Å². The molecule has 2 heteroatoms. The monoisotopic (exact) mass is 118 g/mol. The molecule has 9 heavy (non-hydrogen) atoms. The zero-order valence-electron chi connectivity index (χ0n) is 4.91. The number of nitriles is 1. The van der Waals surface area contributed by atoms with Crippen molar-refractivity contribution in [1.29, 1.82) is 5.26 Å². The fourth-order valence-corrected chi connectivity index (χ4v) is 0.647. The Morgan fingerprint density at radius 2 is 2.56 bits per heavy atom. The van der Waals surface area contributed by atoms with Crippen LogP contribution in [-0.4, -0.2) is 4.57 Å². The molecular weight excluding hydrogens is 112 g/mol. The average Bonchev–Trinajstić information content (AvgIpc) is 2.33. The molecule has 0 aromatic carbocycles. The lowest BCUT2D eigenvalue weighted by Crippen LogP contribution is -1.84. The molecule has 0 unspecified atom stereocenters. The minimum Gasteiger partial charge on any atom is -0.316 e. The van der Waals surface area contributed by atoms with E-state index in [0.29, 0.717) is 5.69 Å². The second-order valence-corrected chi connectivity index (χ2v) is 1.60. The van der Waals surface area contributed by atoms with Crippen LogP contribution in [0.1, 0.15) is 5.69 Å². The smallest absolute Gasteiger partial charge is 0.124 e. The Morgan fingerprint density at radius 1 is 1.78 bits per heavy atom. The van der Waals surface area contributed by atoms with E-state index in [1.165, 1.54) is 0 Å². The van der Waals surface area contributed by atoms with Crippen LogP contribution in [0.3, 0.4) is 0 Å². The molecule has 44 valence electrons. The molecule has 0 saturated heterocycles. The minimum absolute atomic E-state index is 0.616. The first-order chi connectivity index (χ1) is 4.38. The first kappa shape index (κ1) is 5.64. The Kier molecular flexibility index (Phi) is 1.37. The van der Waals surface area contributed by atoms with Crippen LogP contribution in [0.5, 0.6) is 0 Å². The van der Waals surface area contributed by atoms with Crippen molar-refractivity contribution in [2.45, 2.75) is 0 Å². The Hall–Kier alpha value is -1.49. The molecule has 2 nitrogen and oxygen atoms in total. The zero-order valence-corrected chi connectivity index (χ0v) is 4.91. The Labute approximate surface area is 53.6 Å². The number of rotatable bonds is 1. The van der Waals surface area contributed by atoms with Crippen molar-refractivity contribution in [3.63, 3.8) is 0 Å². The third kappa shape index (κ3) is 0.846. The summed E-state index contributed by atoms with van der Waals surface area (Å²) in [5.74, 6) is 0. The third-order valence-corrected chi connectivity index (χ3v) is 1.09. The highest BCUT2D eigenvalue weighted by molar-refractivity contribution is 5.32. The standard InChI is InChI=1S/C7H6N2/c1-2-9-5-3-4-7(9)6-8/h2-5H,1H2. The Bertz CT molecular complexity index is 252. The van der Waals surface area contributed by atoms with Gasteiger partial charge in [-0.05, 0) is 12.1 Å². The van der Waals surface area contributed by atoms with E-state index in [9.17, 15) is 0 Å². The number of aromatic nitrogens is 1. The average molecular weight is 118 g/mol. The molecule has 0 aliphatic rings. The molecule has 0 N–H and O–H groups in total. The lowest BCUT2D eigenvalue weighted by Gasteiger charge is -1.89. The van der Waals surface area contributed by atoms with Crippen molar-refractivity contribution in [2.24, 2.45) is 0 Å². The van der Waals surface area contributed by atoms with Crippen molar-refractivity contribution in [2.75, 3.05) is 0 Å². The Balaban J connectivity index is 3.17. The fourth-order valence-electron chi connectivity index (χ4n) is 0.647. The predicted molar refractivity (Wildman–Crippen MR) is 35.5 cm³/mol. The summed E-state index contributed by atoms with van der Waals surface area (Å²) in [5, 5.41) is 8.42. The highest BCUT2D eigenvalue weighted by Gasteiger charge is 1.91. The van der Waals surface area contributed by atoms with Crippen LogP contribution in [-0.2, 0) is 0 Å². The molecule has 0 atom stereocenters. The van der Waals surface area contributed by atoms with Crippen molar-refractivity contribution in [3.05, 3.63) is 30.6 Å². The van der Waals surface area contributed by atoms with E-state index < -0.39 is 0 Å². The van der Waals surface area contributed by atoms with Gasteiger partial charge in [0, 0.05) is 12.4 Å². The van der Waals surface area contributed by atoms with Gasteiger partial charge in [0.15, 0.2) is 0 Å². The normalized spacial score (nSPS) is 8.33. The van der Waals surface area contributed by atoms with E-state index in [1.54, 1.807) is 29.1 Å². The second kappa shape index (κ2) is 2.19. The van der Waals surface area contributed by atoms with Crippen molar-refractivity contribution >= 4 is 6.20 Å². The van der Waals surface area contributed by atoms with Crippen molar-refractivity contribution in [1.82, 2.24) is 4.57 Å². The summed E-state index contributed by atoms with van der Waals surface area (Å²) in [5.41, 5.74) is 0.616. The van der Waals surface area contributed by atoms with Gasteiger partial charge in [-0.25, -0.2) is 0 Å². The lowest BCUT2D eigenvalue weighted by molar-refractivity contribution is 1.14. The van der Waals surface area contributed by atoms with Gasteiger partial charge in [-0.3, -0.25) is 0 Å². The van der Waals surface area contributed by atoms with E-state index in [1.807, 2.05) is 6.07 Å². The molecule has 1 rings (SSSR count). The largest absolute Gasteiger partial charge is 0.316 e. The summed E-state index contributed by atoms with van der Waals surface area (Å²) in [4.78, 5) is 0. The molecule has 0 fully saturated rings. The summed E-state index contributed by atoms with van der Waals surface area (Å²) >= 11 is 0. The summed E-state index contributed by atoms with van der Waals surface area (Å²) in [6.07, 6.45) is 3.38. The quantitative estimate of drug-likeness (QED) is 0.548. The molecule has 0 amide bonds. The van der Waals surface area contributed by atoms with Crippen LogP contribution in [0.25, 0.3) is 6.20 Å². The maximum Gasteiger partial charge on any atom is 0.124 e. The topological polar surface area (TPSA) is 28.7 Å².